The maximum atomic E-state index is 13.7. The van der Waals surface area contributed by atoms with Crippen molar-refractivity contribution in [2.75, 3.05) is 40.5 Å². The second kappa shape index (κ2) is 10.7. The number of hydrogen-bond acceptors (Lipinski definition) is 5. The fraction of sp³-hybridized carbons (Fsp3) is 0.462. The summed E-state index contributed by atoms with van der Waals surface area (Å²) in [6.45, 7) is 2.15. The lowest BCUT2D eigenvalue weighted by Crippen LogP contribution is -2.57. The van der Waals surface area contributed by atoms with Gasteiger partial charge in [-0.25, -0.2) is 13.6 Å². The van der Waals surface area contributed by atoms with E-state index in [-0.39, 0.29) is 25.0 Å². The highest BCUT2D eigenvalue weighted by molar-refractivity contribution is 6.07. The first-order chi connectivity index (χ1) is 16.8. The first-order valence-electron chi connectivity index (χ1n) is 11.8. The number of carbonyl (C=O) groups excluding carboxylic acids is 2. The van der Waals surface area contributed by atoms with Crippen molar-refractivity contribution in [1.82, 2.24) is 15.1 Å². The number of benzene rings is 2. The smallest absolute Gasteiger partial charge is 0.325 e. The van der Waals surface area contributed by atoms with Gasteiger partial charge in [0.05, 0.1) is 20.3 Å². The number of halogens is 2. The standard InChI is InChI=1S/C26H31F2N3O4/c1-34-11-10-31-24(32)26(29-25(31)33,16-18-4-3-5-23(14-18)35-2)20-6-8-30(9-7-20)17-19-12-21(27)15-22(28)13-19/h3-5,12-15,20H,6-11,16-17H2,1-2H3,(H,29,33). The van der Waals surface area contributed by atoms with Gasteiger partial charge in [-0.3, -0.25) is 14.6 Å². The Balaban J connectivity index is 1.54. The van der Waals surface area contributed by atoms with Gasteiger partial charge in [0, 0.05) is 26.1 Å². The van der Waals surface area contributed by atoms with Crippen LogP contribution >= 0.6 is 0 Å². The van der Waals surface area contributed by atoms with Crippen LogP contribution in [0.5, 0.6) is 5.75 Å². The van der Waals surface area contributed by atoms with E-state index in [0.717, 1.165) is 11.6 Å². The Kier molecular flexibility index (Phi) is 7.66. The molecule has 2 aliphatic rings. The molecule has 1 N–H and O–H groups in total. The summed E-state index contributed by atoms with van der Waals surface area (Å²) in [5.41, 5.74) is 0.390. The first-order valence-corrected chi connectivity index (χ1v) is 11.8. The average molecular weight is 488 g/mol. The molecule has 2 heterocycles. The molecular weight excluding hydrogens is 456 g/mol. The number of piperidine rings is 1. The Morgan fingerprint density at radius 1 is 1.03 bits per heavy atom. The summed E-state index contributed by atoms with van der Waals surface area (Å²) >= 11 is 0. The molecule has 9 heteroatoms. The minimum Gasteiger partial charge on any atom is -0.497 e. The monoisotopic (exact) mass is 487 g/mol. The molecule has 0 bridgehead atoms. The third-order valence-electron chi connectivity index (χ3n) is 6.95. The third kappa shape index (κ3) is 5.46. The predicted octanol–water partition coefficient (Wildman–Crippen LogP) is 3.37. The van der Waals surface area contributed by atoms with E-state index in [4.69, 9.17) is 9.47 Å². The SMILES string of the molecule is COCCN1C(=O)NC(Cc2cccc(OC)c2)(C2CCN(Cc3cc(F)cc(F)c3)CC2)C1=O. The maximum Gasteiger partial charge on any atom is 0.325 e. The van der Waals surface area contributed by atoms with E-state index in [0.29, 0.717) is 50.2 Å². The molecule has 35 heavy (non-hydrogen) atoms. The molecule has 1 unspecified atom stereocenters. The molecular formula is C26H31F2N3O4. The highest BCUT2D eigenvalue weighted by Gasteiger charge is 2.55. The number of nitrogens with zero attached hydrogens (tertiary/aromatic N) is 2. The molecule has 0 aromatic heterocycles. The van der Waals surface area contributed by atoms with Gasteiger partial charge in [-0.2, -0.15) is 0 Å². The summed E-state index contributed by atoms with van der Waals surface area (Å²) in [4.78, 5) is 29.9. The lowest BCUT2D eigenvalue weighted by Gasteiger charge is -2.41. The van der Waals surface area contributed by atoms with E-state index in [1.54, 1.807) is 7.11 Å². The second-order valence-electron chi connectivity index (χ2n) is 9.21. The van der Waals surface area contributed by atoms with E-state index in [1.807, 2.05) is 24.3 Å². The number of likely N-dealkylation sites (tertiary alicyclic amines) is 1. The molecule has 4 rings (SSSR count). The van der Waals surface area contributed by atoms with Gasteiger partial charge in [0.2, 0.25) is 0 Å². The molecule has 7 nitrogen and oxygen atoms in total. The van der Waals surface area contributed by atoms with Crippen LogP contribution in [0.15, 0.2) is 42.5 Å². The Morgan fingerprint density at radius 2 is 1.74 bits per heavy atom. The number of ether oxygens (including phenoxy) is 2. The van der Waals surface area contributed by atoms with Crippen LogP contribution in [0.2, 0.25) is 0 Å². The molecule has 2 aromatic carbocycles. The van der Waals surface area contributed by atoms with Gasteiger partial charge >= 0.3 is 6.03 Å². The van der Waals surface area contributed by atoms with Gasteiger partial charge in [-0.1, -0.05) is 12.1 Å². The number of amides is 3. The molecule has 0 radical (unpaired) electrons. The quantitative estimate of drug-likeness (QED) is 0.550. The van der Waals surface area contributed by atoms with Crippen molar-refractivity contribution in [3.8, 4) is 5.75 Å². The minimum absolute atomic E-state index is 0.0989. The van der Waals surface area contributed by atoms with E-state index < -0.39 is 23.2 Å². The van der Waals surface area contributed by atoms with Crippen molar-refractivity contribution < 1.29 is 27.8 Å². The number of imide groups is 1. The molecule has 0 saturated carbocycles. The fourth-order valence-electron chi connectivity index (χ4n) is 5.22. The Morgan fingerprint density at radius 3 is 2.40 bits per heavy atom. The largest absolute Gasteiger partial charge is 0.497 e. The predicted molar refractivity (Wildman–Crippen MR) is 126 cm³/mol. The van der Waals surface area contributed by atoms with E-state index in [2.05, 4.69) is 10.2 Å². The van der Waals surface area contributed by atoms with Gasteiger partial charge in [-0.15, -0.1) is 0 Å². The average Bonchev–Trinajstić information content (AvgIpc) is 3.07. The summed E-state index contributed by atoms with van der Waals surface area (Å²) in [5, 5.41) is 3.03. The van der Waals surface area contributed by atoms with Crippen LogP contribution in [0.3, 0.4) is 0 Å². The van der Waals surface area contributed by atoms with Crippen molar-refractivity contribution in [2.45, 2.75) is 31.3 Å². The molecule has 2 fully saturated rings. The third-order valence-corrected chi connectivity index (χ3v) is 6.95. The molecule has 188 valence electrons. The summed E-state index contributed by atoms with van der Waals surface area (Å²) < 4.78 is 37.7. The van der Waals surface area contributed by atoms with Crippen LogP contribution in [0, 0.1) is 17.6 Å². The van der Waals surface area contributed by atoms with Gasteiger partial charge in [0.25, 0.3) is 5.91 Å². The Labute approximate surface area is 204 Å². The maximum absolute atomic E-state index is 13.7. The molecule has 2 aliphatic heterocycles. The number of methoxy groups -OCH3 is 2. The second-order valence-corrected chi connectivity index (χ2v) is 9.21. The van der Waals surface area contributed by atoms with Crippen LogP contribution in [0.4, 0.5) is 13.6 Å². The zero-order valence-electron chi connectivity index (χ0n) is 20.1. The topological polar surface area (TPSA) is 71.1 Å². The normalized spacial score (nSPS) is 21.4. The van der Waals surface area contributed by atoms with Crippen molar-refractivity contribution in [2.24, 2.45) is 5.92 Å². The van der Waals surface area contributed by atoms with E-state index in [9.17, 15) is 18.4 Å². The van der Waals surface area contributed by atoms with Crippen LogP contribution in [-0.2, 0) is 22.5 Å². The number of carbonyl (C=O) groups is 2. The molecule has 0 spiro atoms. The van der Waals surface area contributed by atoms with Crippen LogP contribution in [0.25, 0.3) is 0 Å². The first kappa shape index (κ1) is 25.1. The summed E-state index contributed by atoms with van der Waals surface area (Å²) in [6.07, 6.45) is 1.66. The summed E-state index contributed by atoms with van der Waals surface area (Å²) in [5.74, 6) is -0.848. The van der Waals surface area contributed by atoms with Gasteiger partial charge < -0.3 is 14.8 Å². The molecule has 0 aliphatic carbocycles. The van der Waals surface area contributed by atoms with Crippen LogP contribution < -0.4 is 10.1 Å². The van der Waals surface area contributed by atoms with Crippen LogP contribution in [-0.4, -0.2) is 67.7 Å². The minimum atomic E-state index is -1.08. The lowest BCUT2D eigenvalue weighted by molar-refractivity contribution is -0.134. The zero-order chi connectivity index (χ0) is 25.0. The number of hydrogen-bond donors (Lipinski definition) is 1. The van der Waals surface area contributed by atoms with Crippen molar-refractivity contribution in [3.63, 3.8) is 0 Å². The highest BCUT2D eigenvalue weighted by Crippen LogP contribution is 2.37. The van der Waals surface area contributed by atoms with Crippen LogP contribution in [0.1, 0.15) is 24.0 Å². The number of urea groups is 1. The highest BCUT2D eigenvalue weighted by atomic mass is 19.1. The Bertz CT molecular complexity index is 1050. The molecule has 2 aromatic rings. The zero-order valence-corrected chi connectivity index (χ0v) is 20.1. The van der Waals surface area contributed by atoms with Crippen molar-refractivity contribution >= 4 is 11.9 Å². The van der Waals surface area contributed by atoms with Crippen molar-refractivity contribution in [3.05, 3.63) is 65.2 Å². The van der Waals surface area contributed by atoms with Gasteiger partial charge in [-0.05, 0) is 67.2 Å². The van der Waals surface area contributed by atoms with Crippen molar-refractivity contribution in [1.29, 1.82) is 0 Å². The van der Waals surface area contributed by atoms with E-state index in [1.165, 1.54) is 24.1 Å². The molecule has 3 amide bonds. The van der Waals surface area contributed by atoms with Gasteiger partial charge in [0.1, 0.15) is 22.9 Å². The Hall–Kier alpha value is -3.04. The summed E-state index contributed by atoms with van der Waals surface area (Å²) in [6, 6.07) is 10.6. The van der Waals surface area contributed by atoms with E-state index >= 15 is 0 Å². The molecule has 2 saturated heterocycles. The molecule has 1 atom stereocenters. The number of nitrogens with one attached hydrogen (secondary N) is 1. The van der Waals surface area contributed by atoms with Gasteiger partial charge in [0.15, 0.2) is 0 Å². The summed E-state index contributed by atoms with van der Waals surface area (Å²) in [7, 11) is 3.12. The fourth-order valence-corrected chi connectivity index (χ4v) is 5.22. The lowest BCUT2D eigenvalue weighted by atomic mass is 9.74. The number of rotatable bonds is 9.